The molecular weight excluding hydrogens is 528 g/mol. The fraction of sp³-hybridized carbons (Fsp3) is 0.545. The smallest absolute Gasteiger partial charge is 0.00358 e. The molecule has 0 saturated heterocycles. The van der Waals surface area contributed by atoms with Crippen LogP contribution in [0.25, 0.3) is 24.3 Å². The highest BCUT2D eigenvalue weighted by molar-refractivity contribution is 5.62. The average Bonchev–Trinajstić information content (AvgIpc) is 2.96. The maximum atomic E-state index is 2.60. The number of allylic oxidation sites excluding steroid dienone is 4. The first kappa shape index (κ1) is 28.8. The van der Waals surface area contributed by atoms with Crippen LogP contribution in [-0.4, -0.2) is 0 Å². The summed E-state index contributed by atoms with van der Waals surface area (Å²) in [6.07, 6.45) is 36.0. The molecule has 8 aliphatic carbocycles. The predicted molar refractivity (Wildman–Crippen MR) is 189 cm³/mol. The minimum absolute atomic E-state index is 0.374. The maximum Gasteiger partial charge on any atom is -0.00358 e. The number of benzene rings is 2. The van der Waals surface area contributed by atoms with Crippen molar-refractivity contribution in [1.29, 1.82) is 0 Å². The molecule has 2 aromatic rings. The summed E-state index contributed by atoms with van der Waals surface area (Å²) < 4.78 is 0. The van der Waals surface area contributed by atoms with Gasteiger partial charge in [0.25, 0.3) is 0 Å². The van der Waals surface area contributed by atoms with Crippen molar-refractivity contribution in [3.63, 3.8) is 0 Å². The van der Waals surface area contributed by atoms with E-state index in [0.29, 0.717) is 21.7 Å². The molecule has 0 aromatic heterocycles. The van der Waals surface area contributed by atoms with Crippen molar-refractivity contribution < 1.29 is 0 Å². The summed E-state index contributed by atoms with van der Waals surface area (Å²) in [7, 11) is 0. The van der Waals surface area contributed by atoms with Gasteiger partial charge in [0, 0.05) is 0 Å². The molecule has 8 saturated carbocycles. The molecular formula is C44H54. The third-order valence-corrected chi connectivity index (χ3v) is 13.9. The van der Waals surface area contributed by atoms with Crippen molar-refractivity contribution in [2.24, 2.45) is 34.5 Å². The van der Waals surface area contributed by atoms with Gasteiger partial charge in [0.1, 0.15) is 0 Å². The molecule has 0 heterocycles. The first-order valence-corrected chi connectivity index (χ1v) is 18.2. The van der Waals surface area contributed by atoms with Crippen LogP contribution in [-0.2, 0) is 10.8 Å². The Morgan fingerprint density at radius 1 is 0.432 bits per heavy atom. The van der Waals surface area contributed by atoms with Gasteiger partial charge in [-0.05, 0) is 196 Å². The molecule has 44 heavy (non-hydrogen) atoms. The van der Waals surface area contributed by atoms with Crippen LogP contribution >= 0.6 is 0 Å². The molecule has 0 N–H and O–H groups in total. The van der Waals surface area contributed by atoms with Crippen LogP contribution in [0.15, 0.2) is 60.7 Å². The minimum Gasteiger partial charge on any atom is -0.0871 e. The van der Waals surface area contributed by atoms with Gasteiger partial charge in [-0.1, -0.05) is 72.9 Å². The van der Waals surface area contributed by atoms with Crippen molar-refractivity contribution in [3.8, 4) is 0 Å². The summed E-state index contributed by atoms with van der Waals surface area (Å²) in [5.41, 5.74) is 10.8. The van der Waals surface area contributed by atoms with Gasteiger partial charge in [-0.15, -0.1) is 0 Å². The Morgan fingerprint density at radius 2 is 0.727 bits per heavy atom. The summed E-state index contributed by atoms with van der Waals surface area (Å²) in [6, 6.07) is 15.2. The Bertz CT molecular complexity index is 1350. The second kappa shape index (κ2) is 10.5. The lowest BCUT2D eigenvalue weighted by Crippen LogP contribution is -2.66. The van der Waals surface area contributed by atoms with E-state index in [9.17, 15) is 0 Å². The van der Waals surface area contributed by atoms with Crippen LogP contribution < -0.4 is 0 Å². The number of hydrogen-bond donors (Lipinski definition) is 0. The second-order valence-electron chi connectivity index (χ2n) is 16.8. The van der Waals surface area contributed by atoms with E-state index in [1.807, 2.05) is 0 Å². The Balaban J connectivity index is 1.23. The Labute approximate surface area is 267 Å². The zero-order valence-corrected chi connectivity index (χ0v) is 27.9. The predicted octanol–water partition coefficient (Wildman–Crippen LogP) is 12.2. The third-order valence-electron chi connectivity index (χ3n) is 13.9. The topological polar surface area (TPSA) is 0 Å². The van der Waals surface area contributed by atoms with E-state index >= 15 is 0 Å². The van der Waals surface area contributed by atoms with E-state index in [4.69, 9.17) is 0 Å². The largest absolute Gasteiger partial charge is 0.0871 e. The van der Waals surface area contributed by atoms with Gasteiger partial charge in [0.2, 0.25) is 0 Å². The average molecular weight is 583 g/mol. The van der Waals surface area contributed by atoms with Gasteiger partial charge in [0.05, 0.1) is 0 Å². The second-order valence-corrected chi connectivity index (χ2v) is 16.8. The van der Waals surface area contributed by atoms with E-state index in [1.165, 1.54) is 99.3 Å². The third kappa shape index (κ3) is 4.44. The van der Waals surface area contributed by atoms with Gasteiger partial charge >= 0.3 is 0 Å². The Morgan fingerprint density at radius 3 is 1.00 bits per heavy atom. The van der Waals surface area contributed by atoms with Gasteiger partial charge < -0.3 is 0 Å². The Kier molecular flexibility index (Phi) is 6.86. The highest BCUT2D eigenvalue weighted by Crippen LogP contribution is 2.78. The zero-order chi connectivity index (χ0) is 30.2. The molecule has 8 aliphatic rings. The van der Waals surface area contributed by atoms with Crippen molar-refractivity contribution >= 4 is 24.3 Å². The van der Waals surface area contributed by atoms with Gasteiger partial charge in [0.15, 0.2) is 0 Å². The summed E-state index contributed by atoms with van der Waals surface area (Å²) in [5.74, 6) is 3.70. The molecule has 0 nitrogen and oxygen atoms in total. The molecule has 0 heteroatoms. The summed E-state index contributed by atoms with van der Waals surface area (Å²) >= 11 is 0. The highest BCUT2D eigenvalue weighted by atomic mass is 14.7. The molecule has 8 bridgehead atoms. The van der Waals surface area contributed by atoms with Crippen LogP contribution in [0.3, 0.4) is 0 Å². The molecule has 0 aliphatic heterocycles. The number of rotatable bonds is 7. The lowest BCUT2D eigenvalue weighted by atomic mass is 9.30. The molecule has 4 atom stereocenters. The van der Waals surface area contributed by atoms with Crippen LogP contribution in [0.1, 0.15) is 138 Å². The lowest BCUT2D eigenvalue weighted by Gasteiger charge is -2.74. The maximum absolute atomic E-state index is 2.60. The summed E-state index contributed by atoms with van der Waals surface area (Å²) in [6.45, 7) is 8.67. The first-order valence-electron chi connectivity index (χ1n) is 18.2. The SMILES string of the molecule is C/C=C\c1cc(/C=C\C)cc(C23CC4CC(C2)CC(C25CC6CC(CC(c7cc(/C=C\C)cc(/C=C\C)c7)(C6)C2)C5)(C4)C3)c1. The van der Waals surface area contributed by atoms with E-state index in [0.717, 1.165) is 23.7 Å². The quantitative estimate of drug-likeness (QED) is 0.305. The molecule has 8 fully saturated rings. The van der Waals surface area contributed by atoms with E-state index in [1.54, 1.807) is 11.1 Å². The van der Waals surface area contributed by atoms with Crippen LogP contribution in [0.2, 0.25) is 0 Å². The van der Waals surface area contributed by atoms with Crippen molar-refractivity contribution in [1.82, 2.24) is 0 Å². The molecule has 2 aromatic carbocycles. The molecule has 0 amide bonds. The van der Waals surface area contributed by atoms with Crippen LogP contribution in [0.5, 0.6) is 0 Å². The van der Waals surface area contributed by atoms with E-state index in [2.05, 4.69) is 113 Å². The Hall–Kier alpha value is -2.60. The van der Waals surface area contributed by atoms with Crippen LogP contribution in [0, 0.1) is 34.5 Å². The molecule has 230 valence electrons. The van der Waals surface area contributed by atoms with Crippen LogP contribution in [0.4, 0.5) is 0 Å². The zero-order valence-electron chi connectivity index (χ0n) is 27.9. The van der Waals surface area contributed by atoms with Gasteiger partial charge in [-0.2, -0.15) is 0 Å². The van der Waals surface area contributed by atoms with E-state index in [-0.39, 0.29) is 0 Å². The molecule has 0 spiro atoms. The van der Waals surface area contributed by atoms with Gasteiger partial charge in [-0.3, -0.25) is 0 Å². The fourth-order valence-corrected chi connectivity index (χ4v) is 13.6. The van der Waals surface area contributed by atoms with Crippen molar-refractivity contribution in [3.05, 3.63) is 94.1 Å². The van der Waals surface area contributed by atoms with Crippen molar-refractivity contribution in [2.75, 3.05) is 0 Å². The standard InChI is InChI=1S/C44H54/c1-5-9-31-13-32(10-6-2)18-39(17-31)41-21-35-15-36(22-41)26-43(25-35,29-41)44-27-37-16-38(28-44)24-42(23-37,30-44)40-19-33(11-7-3)14-34(20-40)12-8-4/h5-14,17-20,35-38H,15-16,21-30H2,1-4H3/b9-5-,10-6-,11-7-,12-8-. The molecule has 0 radical (unpaired) electrons. The molecule has 4 unspecified atom stereocenters. The van der Waals surface area contributed by atoms with Crippen molar-refractivity contribution in [2.45, 2.75) is 116 Å². The summed E-state index contributed by atoms with van der Waals surface area (Å²) in [5, 5.41) is 0. The first-order chi connectivity index (χ1) is 21.3. The number of hydrogen-bond acceptors (Lipinski definition) is 0. The highest BCUT2D eigenvalue weighted by Gasteiger charge is 2.70. The lowest BCUT2D eigenvalue weighted by molar-refractivity contribution is -0.212. The monoisotopic (exact) mass is 582 g/mol. The van der Waals surface area contributed by atoms with Gasteiger partial charge in [-0.25, -0.2) is 0 Å². The van der Waals surface area contributed by atoms with E-state index < -0.39 is 0 Å². The summed E-state index contributed by atoms with van der Waals surface area (Å²) in [4.78, 5) is 0. The molecule has 10 rings (SSSR count). The minimum atomic E-state index is 0.374. The normalized spacial score (nSPS) is 40.5. The fourth-order valence-electron chi connectivity index (χ4n) is 13.6.